The maximum Gasteiger partial charge on any atom is 0.104 e. The van der Waals surface area contributed by atoms with Crippen LogP contribution in [0.1, 0.15) is 104 Å². The van der Waals surface area contributed by atoms with Crippen molar-refractivity contribution in [2.45, 2.75) is 110 Å². The van der Waals surface area contributed by atoms with E-state index in [2.05, 4.69) is 19.2 Å². The van der Waals surface area contributed by atoms with Crippen LogP contribution in [0.2, 0.25) is 0 Å². The highest BCUT2D eigenvalue weighted by atomic mass is 16.3. The summed E-state index contributed by atoms with van der Waals surface area (Å²) in [4.78, 5) is 0. The van der Waals surface area contributed by atoms with E-state index in [1.54, 1.807) is 0 Å². The molecule has 0 rings (SSSR count). The second kappa shape index (κ2) is 17.0. The summed E-state index contributed by atoms with van der Waals surface area (Å²) in [5.41, 5.74) is 0. The number of unbranched alkanes of at least 4 members (excludes halogenated alkanes) is 11. The van der Waals surface area contributed by atoms with Crippen LogP contribution in [0.15, 0.2) is 0 Å². The van der Waals surface area contributed by atoms with E-state index in [9.17, 15) is 5.11 Å². The highest BCUT2D eigenvalue weighted by Gasteiger charge is 2.02. The maximum absolute atomic E-state index is 9.79. The number of hydrogen-bond donors (Lipinski definition) is 2. The second-order valence-corrected chi connectivity index (χ2v) is 6.15. The first-order valence-electron chi connectivity index (χ1n) is 9.22. The SMILES string of the molecule is CCCCCCCCCCCC(O)NCCCCCC. The molecule has 0 spiro atoms. The molecule has 0 aliphatic heterocycles. The summed E-state index contributed by atoms with van der Waals surface area (Å²) in [6.45, 7) is 5.47. The van der Waals surface area contributed by atoms with Gasteiger partial charge in [0.1, 0.15) is 6.23 Å². The van der Waals surface area contributed by atoms with Gasteiger partial charge in [0.05, 0.1) is 0 Å². The zero-order valence-corrected chi connectivity index (χ0v) is 14.1. The van der Waals surface area contributed by atoms with Gasteiger partial charge in [0.2, 0.25) is 0 Å². The average Bonchev–Trinajstić information content (AvgIpc) is 2.45. The third kappa shape index (κ3) is 16.0. The molecule has 2 N–H and O–H groups in total. The van der Waals surface area contributed by atoms with Gasteiger partial charge >= 0.3 is 0 Å². The molecule has 122 valence electrons. The number of rotatable bonds is 16. The summed E-state index contributed by atoms with van der Waals surface area (Å²) in [6, 6.07) is 0. The van der Waals surface area contributed by atoms with Crippen LogP contribution in [0.5, 0.6) is 0 Å². The fourth-order valence-electron chi connectivity index (χ4n) is 2.57. The van der Waals surface area contributed by atoms with Gasteiger partial charge in [-0.05, 0) is 25.8 Å². The predicted octanol–water partition coefficient (Wildman–Crippen LogP) is 5.40. The van der Waals surface area contributed by atoms with E-state index >= 15 is 0 Å². The smallest absolute Gasteiger partial charge is 0.104 e. The Labute approximate surface area is 127 Å². The lowest BCUT2D eigenvalue weighted by Crippen LogP contribution is -2.29. The minimum atomic E-state index is -0.277. The number of aliphatic hydroxyl groups is 1. The molecule has 0 aliphatic rings. The lowest BCUT2D eigenvalue weighted by atomic mass is 10.1. The molecule has 0 aromatic heterocycles. The minimum absolute atomic E-state index is 0.277. The standard InChI is InChI=1S/C18H39NO/c1-3-5-7-9-10-11-12-13-14-16-18(20)19-17-15-8-6-4-2/h18-20H,3-17H2,1-2H3. The molecule has 0 aromatic rings. The summed E-state index contributed by atoms with van der Waals surface area (Å²) in [7, 11) is 0. The van der Waals surface area contributed by atoms with Crippen molar-refractivity contribution in [1.82, 2.24) is 5.32 Å². The topological polar surface area (TPSA) is 32.3 Å². The molecule has 0 saturated heterocycles. The Balaban J connectivity index is 3.09. The van der Waals surface area contributed by atoms with Gasteiger partial charge in [0.25, 0.3) is 0 Å². The van der Waals surface area contributed by atoms with Crippen molar-refractivity contribution in [1.29, 1.82) is 0 Å². The molecular formula is C18H39NO. The van der Waals surface area contributed by atoms with E-state index in [0.717, 1.165) is 19.4 Å². The number of nitrogens with one attached hydrogen (secondary N) is 1. The second-order valence-electron chi connectivity index (χ2n) is 6.15. The molecule has 1 atom stereocenters. The zero-order valence-electron chi connectivity index (χ0n) is 14.1. The average molecular weight is 286 g/mol. The Hall–Kier alpha value is -0.0800. The van der Waals surface area contributed by atoms with Crippen molar-refractivity contribution in [3.8, 4) is 0 Å². The molecule has 0 radical (unpaired) electrons. The van der Waals surface area contributed by atoms with E-state index in [1.165, 1.54) is 77.0 Å². The Bertz CT molecular complexity index is 173. The third-order valence-electron chi connectivity index (χ3n) is 3.99. The van der Waals surface area contributed by atoms with E-state index in [1.807, 2.05) is 0 Å². The lowest BCUT2D eigenvalue weighted by Gasteiger charge is -2.12. The first kappa shape index (κ1) is 19.9. The molecule has 0 fully saturated rings. The van der Waals surface area contributed by atoms with Gasteiger partial charge < -0.3 is 5.11 Å². The van der Waals surface area contributed by atoms with Crippen LogP contribution in [0.4, 0.5) is 0 Å². The highest BCUT2D eigenvalue weighted by Crippen LogP contribution is 2.11. The fourth-order valence-corrected chi connectivity index (χ4v) is 2.57. The van der Waals surface area contributed by atoms with Gasteiger partial charge in [-0.3, -0.25) is 5.32 Å². The molecular weight excluding hydrogens is 246 g/mol. The van der Waals surface area contributed by atoms with Crippen LogP contribution in [0.3, 0.4) is 0 Å². The Morgan fingerprint density at radius 3 is 1.65 bits per heavy atom. The molecule has 20 heavy (non-hydrogen) atoms. The minimum Gasteiger partial charge on any atom is -0.379 e. The monoisotopic (exact) mass is 285 g/mol. The van der Waals surface area contributed by atoms with Crippen LogP contribution < -0.4 is 5.32 Å². The van der Waals surface area contributed by atoms with E-state index in [4.69, 9.17) is 0 Å². The molecule has 0 aliphatic carbocycles. The fraction of sp³-hybridized carbons (Fsp3) is 1.00. The third-order valence-corrected chi connectivity index (χ3v) is 3.99. The van der Waals surface area contributed by atoms with Crippen molar-refractivity contribution in [2.75, 3.05) is 6.54 Å². The van der Waals surface area contributed by atoms with E-state index < -0.39 is 0 Å². The summed E-state index contributed by atoms with van der Waals surface area (Å²) in [6.07, 6.45) is 17.9. The van der Waals surface area contributed by atoms with Gasteiger partial charge in [0, 0.05) is 0 Å². The Morgan fingerprint density at radius 1 is 0.650 bits per heavy atom. The van der Waals surface area contributed by atoms with Crippen LogP contribution in [-0.2, 0) is 0 Å². The van der Waals surface area contributed by atoms with Crippen LogP contribution in [0.25, 0.3) is 0 Å². The Morgan fingerprint density at radius 2 is 1.10 bits per heavy atom. The van der Waals surface area contributed by atoms with Crippen molar-refractivity contribution in [3.63, 3.8) is 0 Å². The van der Waals surface area contributed by atoms with Crippen molar-refractivity contribution in [3.05, 3.63) is 0 Å². The molecule has 1 unspecified atom stereocenters. The summed E-state index contributed by atoms with van der Waals surface area (Å²) in [5, 5.41) is 13.0. The molecule has 0 heterocycles. The van der Waals surface area contributed by atoms with Gasteiger partial charge in [0.15, 0.2) is 0 Å². The first-order chi connectivity index (χ1) is 9.81. The van der Waals surface area contributed by atoms with Crippen LogP contribution >= 0.6 is 0 Å². The van der Waals surface area contributed by atoms with Crippen LogP contribution in [-0.4, -0.2) is 17.9 Å². The van der Waals surface area contributed by atoms with Gasteiger partial charge in [-0.25, -0.2) is 0 Å². The molecule has 0 aromatic carbocycles. The summed E-state index contributed by atoms with van der Waals surface area (Å²) in [5.74, 6) is 0. The van der Waals surface area contributed by atoms with Gasteiger partial charge in [-0.2, -0.15) is 0 Å². The summed E-state index contributed by atoms with van der Waals surface area (Å²) >= 11 is 0. The highest BCUT2D eigenvalue weighted by molar-refractivity contribution is 4.55. The largest absolute Gasteiger partial charge is 0.379 e. The molecule has 2 nitrogen and oxygen atoms in total. The van der Waals surface area contributed by atoms with Crippen LogP contribution in [0, 0.1) is 0 Å². The molecule has 0 saturated carbocycles. The Kier molecular flexibility index (Phi) is 16.9. The van der Waals surface area contributed by atoms with Crippen molar-refractivity contribution in [2.24, 2.45) is 0 Å². The van der Waals surface area contributed by atoms with E-state index in [0.29, 0.717) is 0 Å². The first-order valence-corrected chi connectivity index (χ1v) is 9.22. The molecule has 0 amide bonds. The molecule has 2 heteroatoms. The zero-order chi connectivity index (χ0) is 14.9. The normalized spacial score (nSPS) is 12.8. The number of hydrogen-bond acceptors (Lipinski definition) is 2. The summed E-state index contributed by atoms with van der Waals surface area (Å²) < 4.78 is 0. The quantitative estimate of drug-likeness (QED) is 0.294. The maximum atomic E-state index is 9.79. The van der Waals surface area contributed by atoms with Crippen molar-refractivity contribution >= 4 is 0 Å². The number of aliphatic hydroxyl groups excluding tert-OH is 1. The van der Waals surface area contributed by atoms with Gasteiger partial charge in [-0.1, -0.05) is 84.5 Å². The molecule has 0 bridgehead atoms. The van der Waals surface area contributed by atoms with Crippen molar-refractivity contribution < 1.29 is 5.11 Å². The van der Waals surface area contributed by atoms with Gasteiger partial charge in [-0.15, -0.1) is 0 Å². The predicted molar refractivity (Wildman–Crippen MR) is 90.0 cm³/mol. The lowest BCUT2D eigenvalue weighted by molar-refractivity contribution is 0.124. The van der Waals surface area contributed by atoms with E-state index in [-0.39, 0.29) is 6.23 Å².